The van der Waals surface area contributed by atoms with Crippen molar-refractivity contribution < 1.29 is 10.2 Å². The zero-order chi connectivity index (χ0) is 15.4. The molecule has 0 unspecified atom stereocenters. The molecule has 2 aromatic carbocycles. The molecule has 0 atom stereocenters. The van der Waals surface area contributed by atoms with Gasteiger partial charge in [0.2, 0.25) is 5.13 Å². The maximum atomic E-state index is 9.65. The summed E-state index contributed by atoms with van der Waals surface area (Å²) >= 11 is 1.45. The normalized spacial score (nSPS) is 10.9. The van der Waals surface area contributed by atoms with Gasteiger partial charge in [-0.15, -0.1) is 11.3 Å². The number of hydrogen-bond acceptors (Lipinski definition) is 6. The highest BCUT2D eigenvalue weighted by atomic mass is 32.1. The number of aromatic hydroxyl groups is 2. The first-order chi connectivity index (χ1) is 10.7. The Morgan fingerprint density at radius 2 is 1.91 bits per heavy atom. The molecule has 110 valence electrons. The molecule has 0 bridgehead atoms. The minimum Gasteiger partial charge on any atom is -0.508 e. The van der Waals surface area contributed by atoms with Gasteiger partial charge in [-0.25, -0.2) is 4.98 Å². The Balaban J connectivity index is 1.69. The zero-order valence-corrected chi connectivity index (χ0v) is 12.3. The van der Waals surface area contributed by atoms with Crippen LogP contribution in [0.3, 0.4) is 0 Å². The van der Waals surface area contributed by atoms with Crippen molar-refractivity contribution in [3.05, 3.63) is 59.5 Å². The largest absolute Gasteiger partial charge is 0.508 e. The lowest BCUT2D eigenvalue weighted by Gasteiger charge is -1.99. The van der Waals surface area contributed by atoms with Crippen LogP contribution in [0.25, 0.3) is 11.3 Å². The highest BCUT2D eigenvalue weighted by Gasteiger charge is 2.03. The van der Waals surface area contributed by atoms with Crippen LogP contribution in [0.5, 0.6) is 11.5 Å². The number of benzene rings is 2. The maximum Gasteiger partial charge on any atom is 0.203 e. The Labute approximate surface area is 131 Å². The number of phenolic OH excluding ortho intramolecular Hbond substituents is 2. The van der Waals surface area contributed by atoms with Crippen molar-refractivity contribution in [1.29, 1.82) is 0 Å². The first kappa shape index (κ1) is 14.1. The monoisotopic (exact) mass is 311 g/mol. The molecule has 1 aromatic heterocycles. The van der Waals surface area contributed by atoms with Gasteiger partial charge in [0.05, 0.1) is 11.9 Å². The summed E-state index contributed by atoms with van der Waals surface area (Å²) in [7, 11) is 0. The van der Waals surface area contributed by atoms with Gasteiger partial charge in [-0.3, -0.25) is 5.43 Å². The minimum absolute atomic E-state index is 0.00929. The van der Waals surface area contributed by atoms with Crippen LogP contribution in [0.15, 0.2) is 59.0 Å². The minimum atomic E-state index is -0.0327. The van der Waals surface area contributed by atoms with Crippen LogP contribution in [0.2, 0.25) is 0 Å². The van der Waals surface area contributed by atoms with Gasteiger partial charge in [-0.1, -0.05) is 30.3 Å². The van der Waals surface area contributed by atoms with Crippen molar-refractivity contribution in [2.24, 2.45) is 5.10 Å². The molecular weight excluding hydrogens is 298 g/mol. The Morgan fingerprint density at radius 1 is 1.09 bits per heavy atom. The lowest BCUT2D eigenvalue weighted by atomic mass is 10.2. The van der Waals surface area contributed by atoms with E-state index in [0.29, 0.717) is 10.7 Å². The second-order valence-electron chi connectivity index (χ2n) is 4.52. The van der Waals surface area contributed by atoms with Gasteiger partial charge in [0.25, 0.3) is 0 Å². The molecular formula is C16H13N3O2S. The van der Waals surface area contributed by atoms with Gasteiger partial charge in [-0.05, 0) is 12.1 Å². The van der Waals surface area contributed by atoms with Crippen molar-refractivity contribution in [3.63, 3.8) is 0 Å². The van der Waals surface area contributed by atoms with Gasteiger partial charge in [0.15, 0.2) is 0 Å². The summed E-state index contributed by atoms with van der Waals surface area (Å²) in [4.78, 5) is 4.44. The topological polar surface area (TPSA) is 77.7 Å². The molecule has 3 aromatic rings. The van der Waals surface area contributed by atoms with Crippen molar-refractivity contribution in [2.75, 3.05) is 5.43 Å². The molecule has 1 heterocycles. The summed E-state index contributed by atoms with van der Waals surface area (Å²) < 4.78 is 0. The third kappa shape index (κ3) is 3.24. The van der Waals surface area contributed by atoms with E-state index in [1.54, 1.807) is 6.07 Å². The number of nitrogens with zero attached hydrogens (tertiary/aromatic N) is 2. The fourth-order valence-electron chi connectivity index (χ4n) is 1.86. The number of nitrogens with one attached hydrogen (secondary N) is 1. The van der Waals surface area contributed by atoms with Gasteiger partial charge in [-0.2, -0.15) is 5.10 Å². The smallest absolute Gasteiger partial charge is 0.203 e. The van der Waals surface area contributed by atoms with Crippen molar-refractivity contribution >= 4 is 22.7 Å². The Hall–Kier alpha value is -2.86. The molecule has 3 rings (SSSR count). The molecule has 5 nitrogen and oxygen atoms in total. The van der Waals surface area contributed by atoms with Gasteiger partial charge >= 0.3 is 0 Å². The molecule has 6 heteroatoms. The Bertz CT molecular complexity index is 800. The molecule has 0 spiro atoms. The molecule has 0 fully saturated rings. The number of thiazole rings is 1. The number of phenols is 2. The molecule has 0 aliphatic heterocycles. The average molecular weight is 311 g/mol. The Morgan fingerprint density at radius 3 is 2.68 bits per heavy atom. The summed E-state index contributed by atoms with van der Waals surface area (Å²) in [6.45, 7) is 0. The van der Waals surface area contributed by atoms with E-state index in [2.05, 4.69) is 15.5 Å². The first-order valence-corrected chi connectivity index (χ1v) is 7.42. The average Bonchev–Trinajstić information content (AvgIpc) is 2.99. The zero-order valence-electron chi connectivity index (χ0n) is 11.5. The summed E-state index contributed by atoms with van der Waals surface area (Å²) in [5, 5.41) is 25.5. The van der Waals surface area contributed by atoms with E-state index in [0.717, 1.165) is 11.3 Å². The van der Waals surface area contributed by atoms with Crippen molar-refractivity contribution in [3.8, 4) is 22.8 Å². The highest BCUT2D eigenvalue weighted by molar-refractivity contribution is 7.14. The molecule has 0 saturated carbocycles. The second kappa shape index (κ2) is 6.28. The molecule has 0 radical (unpaired) electrons. The predicted molar refractivity (Wildman–Crippen MR) is 88.5 cm³/mol. The van der Waals surface area contributed by atoms with Crippen LogP contribution in [-0.4, -0.2) is 21.4 Å². The fraction of sp³-hybridized carbons (Fsp3) is 0. The maximum absolute atomic E-state index is 9.65. The number of anilines is 1. The van der Waals surface area contributed by atoms with Crippen molar-refractivity contribution in [2.45, 2.75) is 0 Å². The number of hydrogen-bond donors (Lipinski definition) is 3. The molecule has 0 aliphatic carbocycles. The van der Waals surface area contributed by atoms with E-state index in [1.165, 1.54) is 29.7 Å². The molecule has 0 aliphatic rings. The van der Waals surface area contributed by atoms with E-state index in [-0.39, 0.29) is 11.5 Å². The van der Waals surface area contributed by atoms with E-state index in [1.807, 2.05) is 35.7 Å². The number of rotatable bonds is 4. The number of aromatic nitrogens is 1. The fourth-order valence-corrected chi connectivity index (χ4v) is 2.53. The van der Waals surface area contributed by atoms with E-state index >= 15 is 0 Å². The summed E-state index contributed by atoms with van der Waals surface area (Å²) in [6.07, 6.45) is 1.47. The van der Waals surface area contributed by atoms with E-state index in [4.69, 9.17) is 0 Å². The Kier molecular flexibility index (Phi) is 4.02. The van der Waals surface area contributed by atoms with Crippen LogP contribution in [0, 0.1) is 0 Å². The van der Waals surface area contributed by atoms with Crippen LogP contribution in [0.4, 0.5) is 5.13 Å². The quantitative estimate of drug-likeness (QED) is 0.507. The van der Waals surface area contributed by atoms with Crippen LogP contribution in [-0.2, 0) is 0 Å². The lowest BCUT2D eigenvalue weighted by Crippen LogP contribution is -1.90. The molecule has 3 N–H and O–H groups in total. The standard InChI is InChI=1S/C16H13N3O2S/c20-13-7-6-12(15(21)8-13)9-17-19-16-18-14(10-22-16)11-4-2-1-3-5-11/h1-10,20-21H,(H,18,19)/b17-9+. The first-order valence-electron chi connectivity index (χ1n) is 6.54. The molecule has 22 heavy (non-hydrogen) atoms. The SMILES string of the molecule is Oc1ccc(/C=N/Nc2nc(-c3ccccc3)cs2)c(O)c1. The lowest BCUT2D eigenvalue weighted by molar-refractivity contribution is 0.450. The highest BCUT2D eigenvalue weighted by Crippen LogP contribution is 2.25. The van der Waals surface area contributed by atoms with Crippen LogP contribution in [0.1, 0.15) is 5.56 Å². The second-order valence-corrected chi connectivity index (χ2v) is 5.38. The summed E-state index contributed by atoms with van der Waals surface area (Å²) in [5.74, 6) is -0.0234. The summed E-state index contributed by atoms with van der Waals surface area (Å²) in [6, 6.07) is 14.2. The molecule has 0 amide bonds. The molecule has 0 saturated heterocycles. The number of hydrazone groups is 1. The summed E-state index contributed by atoms with van der Waals surface area (Å²) in [5.41, 5.74) is 5.27. The van der Waals surface area contributed by atoms with Gasteiger partial charge in [0, 0.05) is 22.6 Å². The van der Waals surface area contributed by atoms with Crippen LogP contribution >= 0.6 is 11.3 Å². The van der Waals surface area contributed by atoms with Crippen LogP contribution < -0.4 is 5.43 Å². The predicted octanol–water partition coefficient (Wildman–Crippen LogP) is 3.67. The third-order valence-electron chi connectivity index (χ3n) is 2.95. The van der Waals surface area contributed by atoms with Gasteiger partial charge < -0.3 is 10.2 Å². The third-order valence-corrected chi connectivity index (χ3v) is 3.70. The van der Waals surface area contributed by atoms with Gasteiger partial charge in [0.1, 0.15) is 11.5 Å². The van der Waals surface area contributed by atoms with E-state index < -0.39 is 0 Å². The van der Waals surface area contributed by atoms with E-state index in [9.17, 15) is 10.2 Å². The van der Waals surface area contributed by atoms with Crippen molar-refractivity contribution in [1.82, 2.24) is 4.98 Å².